The van der Waals surface area contributed by atoms with Gasteiger partial charge < -0.3 is 47.0 Å². The molecule has 14 nitrogen and oxygen atoms in total. The number of Topliss-reactive ketones (excluding diaryl/α,β-unsaturated/α-hetero) is 1. The van der Waals surface area contributed by atoms with Crippen LogP contribution in [0.2, 0.25) is 0 Å². The molecule has 0 fully saturated rings. The Balaban J connectivity index is 3.07. The second-order valence-electron chi connectivity index (χ2n) is 9.14. The number of rotatable bonds is 16. The van der Waals surface area contributed by atoms with Crippen molar-refractivity contribution in [2.75, 3.05) is 13.2 Å². The molecule has 1 aromatic rings. The number of carbonyl (C=O) groups is 4. The number of nitrogens with one attached hydrogen (secondary N) is 2. The van der Waals surface area contributed by atoms with Crippen molar-refractivity contribution < 1.29 is 49.8 Å². The normalized spacial score (nSPS) is 18.6. The van der Waals surface area contributed by atoms with Gasteiger partial charge in [-0.15, -0.1) is 0 Å². The van der Waals surface area contributed by atoms with Gasteiger partial charge in [0.15, 0.2) is 5.78 Å². The van der Waals surface area contributed by atoms with Gasteiger partial charge in [-0.05, 0) is 11.5 Å². The van der Waals surface area contributed by atoms with E-state index in [9.17, 15) is 49.8 Å². The summed E-state index contributed by atoms with van der Waals surface area (Å²) in [4.78, 5) is 49.3. The van der Waals surface area contributed by atoms with E-state index in [1.807, 2.05) is 0 Å². The predicted molar refractivity (Wildman–Crippen MR) is 133 cm³/mol. The van der Waals surface area contributed by atoms with Crippen LogP contribution in [0.15, 0.2) is 30.3 Å². The summed E-state index contributed by atoms with van der Waals surface area (Å²) in [6, 6.07) is 3.96. The molecule has 1 aromatic carbocycles. The lowest BCUT2D eigenvalue weighted by atomic mass is 9.86. The minimum atomic E-state index is -3.25. The van der Waals surface area contributed by atoms with Gasteiger partial charge in [0.1, 0.15) is 12.1 Å². The molecule has 0 spiro atoms. The van der Waals surface area contributed by atoms with Gasteiger partial charge in [0, 0.05) is 0 Å². The highest BCUT2D eigenvalue weighted by molar-refractivity contribution is 5.93. The molecule has 38 heavy (non-hydrogen) atoms. The zero-order valence-corrected chi connectivity index (χ0v) is 21.2. The lowest BCUT2D eigenvalue weighted by molar-refractivity contribution is -0.173. The minimum absolute atomic E-state index is 0.267. The summed E-state index contributed by atoms with van der Waals surface area (Å²) in [7, 11) is 0. The van der Waals surface area contributed by atoms with Crippen molar-refractivity contribution >= 4 is 23.6 Å². The average molecular weight is 543 g/mol. The van der Waals surface area contributed by atoms with E-state index in [2.05, 4.69) is 10.6 Å². The third-order valence-electron chi connectivity index (χ3n) is 6.40. The van der Waals surface area contributed by atoms with E-state index in [-0.39, 0.29) is 5.92 Å². The Kier molecular flexibility index (Phi) is 12.9. The molecular formula is C24H38N4O10. The highest BCUT2D eigenvalue weighted by Gasteiger charge is 2.48. The monoisotopic (exact) mass is 542 g/mol. The maximum Gasteiger partial charge on any atom is 0.305 e. The van der Waals surface area contributed by atoms with Crippen molar-refractivity contribution in [1.29, 1.82) is 0 Å². The first kappa shape index (κ1) is 33.0. The van der Waals surface area contributed by atoms with Crippen LogP contribution in [0.4, 0.5) is 0 Å². The lowest BCUT2D eigenvalue weighted by Gasteiger charge is -2.35. The number of ketones is 1. The number of hydrogen-bond donors (Lipinski definition) is 10. The van der Waals surface area contributed by atoms with Crippen LogP contribution in [0, 0.1) is 11.8 Å². The standard InChI is InChI=1S/C24H38N4O10/c1-3-12(2)18(25)22(36)27-16(11-30)19(33)14(10-29)20(34)21(35)24(26,38)23(37)28-15(9-17(31)32)13-7-5-4-6-8-13/h4-8,12,14-16,18,20-21,29-30,34-35,38H,3,9-11,25-26H2,1-2H3,(H,27,36)(H,28,37)(H,31,32)/t12-,14-,15?,16+,18+,20-,21?,24+/m1/s1. The molecule has 0 saturated carbocycles. The molecule has 14 heteroatoms. The van der Waals surface area contributed by atoms with E-state index >= 15 is 0 Å². The molecule has 0 aliphatic rings. The van der Waals surface area contributed by atoms with Gasteiger partial charge in [-0.25, -0.2) is 0 Å². The van der Waals surface area contributed by atoms with E-state index in [1.165, 1.54) is 12.1 Å². The second-order valence-corrected chi connectivity index (χ2v) is 9.14. The molecule has 2 amide bonds. The van der Waals surface area contributed by atoms with Crippen LogP contribution in [-0.4, -0.2) is 97.4 Å². The highest BCUT2D eigenvalue weighted by Crippen LogP contribution is 2.21. The zero-order valence-electron chi connectivity index (χ0n) is 21.2. The van der Waals surface area contributed by atoms with E-state index in [4.69, 9.17) is 11.5 Å². The van der Waals surface area contributed by atoms with Crippen molar-refractivity contribution in [3.8, 4) is 0 Å². The first-order valence-electron chi connectivity index (χ1n) is 12.0. The number of aliphatic hydroxyl groups excluding tert-OH is 4. The Morgan fingerprint density at radius 2 is 1.61 bits per heavy atom. The maximum absolute atomic E-state index is 12.9. The summed E-state index contributed by atoms with van der Waals surface area (Å²) in [6.07, 6.45) is -4.98. The molecule has 0 radical (unpaired) electrons. The number of aliphatic hydroxyl groups is 5. The maximum atomic E-state index is 12.9. The van der Waals surface area contributed by atoms with Gasteiger partial charge in [-0.3, -0.25) is 24.9 Å². The fraction of sp³-hybridized carbons (Fsp3) is 0.583. The number of carbonyl (C=O) groups excluding carboxylic acids is 3. The molecule has 1 rings (SSSR count). The lowest BCUT2D eigenvalue weighted by Crippen LogP contribution is -2.67. The highest BCUT2D eigenvalue weighted by atomic mass is 16.4. The Morgan fingerprint density at radius 1 is 1.03 bits per heavy atom. The summed E-state index contributed by atoms with van der Waals surface area (Å²) in [5.41, 5.74) is 8.50. The molecule has 214 valence electrons. The Morgan fingerprint density at radius 3 is 2.08 bits per heavy atom. The van der Waals surface area contributed by atoms with Crippen molar-refractivity contribution in [2.24, 2.45) is 23.3 Å². The third kappa shape index (κ3) is 8.52. The van der Waals surface area contributed by atoms with Gasteiger partial charge in [-0.1, -0.05) is 50.6 Å². The molecule has 0 aliphatic heterocycles. The quantitative estimate of drug-likeness (QED) is 0.0921. The Bertz CT molecular complexity index is 945. The van der Waals surface area contributed by atoms with E-state index in [0.29, 0.717) is 12.0 Å². The van der Waals surface area contributed by atoms with Crippen molar-refractivity contribution in [3.63, 3.8) is 0 Å². The minimum Gasteiger partial charge on any atom is -0.481 e. The van der Waals surface area contributed by atoms with Crippen LogP contribution in [0.25, 0.3) is 0 Å². The summed E-state index contributed by atoms with van der Waals surface area (Å²) in [5, 5.41) is 64.6. The molecule has 8 atom stereocenters. The Labute approximate surface area is 219 Å². The molecule has 0 aliphatic carbocycles. The smallest absolute Gasteiger partial charge is 0.305 e. The summed E-state index contributed by atoms with van der Waals surface area (Å²) in [5.74, 6) is -6.86. The number of aliphatic carboxylic acids is 1. The molecule has 12 N–H and O–H groups in total. The number of nitrogens with two attached hydrogens (primary N) is 2. The molecule has 0 bridgehead atoms. The topological polar surface area (TPSA) is 266 Å². The van der Waals surface area contributed by atoms with Gasteiger partial charge in [-0.2, -0.15) is 0 Å². The zero-order chi connectivity index (χ0) is 29.2. The number of benzene rings is 1. The van der Waals surface area contributed by atoms with Crippen LogP contribution in [0.5, 0.6) is 0 Å². The van der Waals surface area contributed by atoms with Gasteiger partial charge in [0.05, 0.1) is 43.7 Å². The Hall–Kier alpha value is -2.98. The fourth-order valence-corrected chi connectivity index (χ4v) is 3.61. The summed E-state index contributed by atoms with van der Waals surface area (Å²) >= 11 is 0. The third-order valence-corrected chi connectivity index (χ3v) is 6.40. The summed E-state index contributed by atoms with van der Waals surface area (Å²) in [6.45, 7) is 1.42. The SMILES string of the molecule is CC[C@@H](C)[C@H](N)C(=O)N[C@@H](CO)C(=O)[C@@H](CO)[C@@H](O)C(O)[C@](N)(O)C(=O)NC(CC(=O)O)c1ccccc1. The molecule has 0 saturated heterocycles. The van der Waals surface area contributed by atoms with Crippen LogP contribution in [0.3, 0.4) is 0 Å². The number of amides is 2. The second kappa shape index (κ2) is 14.8. The fourth-order valence-electron chi connectivity index (χ4n) is 3.61. The van der Waals surface area contributed by atoms with Crippen LogP contribution < -0.4 is 22.1 Å². The number of carboxylic acid groups (broad SMARTS) is 1. The van der Waals surface area contributed by atoms with Gasteiger partial charge in [0.2, 0.25) is 11.6 Å². The molecular weight excluding hydrogens is 504 g/mol. The van der Waals surface area contributed by atoms with Gasteiger partial charge >= 0.3 is 5.97 Å². The molecule has 0 heterocycles. The van der Waals surface area contributed by atoms with E-state index in [1.54, 1.807) is 32.0 Å². The first-order chi connectivity index (χ1) is 17.7. The first-order valence-corrected chi connectivity index (χ1v) is 12.0. The van der Waals surface area contributed by atoms with E-state index in [0.717, 1.165) is 0 Å². The largest absolute Gasteiger partial charge is 0.481 e. The van der Waals surface area contributed by atoms with E-state index < -0.39 is 85.2 Å². The van der Waals surface area contributed by atoms with Crippen molar-refractivity contribution in [3.05, 3.63) is 35.9 Å². The summed E-state index contributed by atoms with van der Waals surface area (Å²) < 4.78 is 0. The van der Waals surface area contributed by atoms with Crippen LogP contribution >= 0.6 is 0 Å². The average Bonchev–Trinajstić information content (AvgIpc) is 2.89. The van der Waals surface area contributed by atoms with Crippen molar-refractivity contribution in [2.45, 2.75) is 62.7 Å². The number of carboxylic acids is 1. The molecule has 2 unspecified atom stereocenters. The molecule has 0 aromatic heterocycles. The van der Waals surface area contributed by atoms with Crippen LogP contribution in [0.1, 0.15) is 38.3 Å². The van der Waals surface area contributed by atoms with Gasteiger partial charge in [0.25, 0.3) is 5.91 Å². The predicted octanol–water partition coefficient (Wildman–Crippen LogP) is -3.28. The number of hydrogen-bond acceptors (Lipinski definition) is 11. The van der Waals surface area contributed by atoms with Crippen LogP contribution in [-0.2, 0) is 19.2 Å². The van der Waals surface area contributed by atoms with Crippen molar-refractivity contribution in [1.82, 2.24) is 10.6 Å².